The molecule has 0 rings (SSSR count). The van der Waals surface area contributed by atoms with Gasteiger partial charge in [0.2, 0.25) is 10.0 Å². The molecule has 14 heavy (non-hydrogen) atoms. The van der Waals surface area contributed by atoms with E-state index >= 15 is 0 Å². The van der Waals surface area contributed by atoms with E-state index in [9.17, 15) is 8.42 Å². The lowest BCUT2D eigenvalue weighted by Crippen LogP contribution is -2.30. The summed E-state index contributed by atoms with van der Waals surface area (Å²) in [4.78, 5) is 0.340. The minimum Gasteiger partial charge on any atom is -0.209 e. The molecule has 0 aliphatic rings. The quantitative estimate of drug-likeness (QED) is 0.734. The number of nitrogens with one attached hydrogen (secondary N) is 1. The van der Waals surface area contributed by atoms with Gasteiger partial charge in [0.15, 0.2) is 0 Å². The smallest absolute Gasteiger partial charge is 0.209 e. The Labute approximate surface area is 87.0 Å². The van der Waals surface area contributed by atoms with E-state index in [-0.39, 0.29) is 6.04 Å². The fourth-order valence-electron chi connectivity index (χ4n) is 0.777. The highest BCUT2D eigenvalue weighted by atomic mass is 32.2. The van der Waals surface area contributed by atoms with Crippen LogP contribution in [-0.2, 0) is 10.0 Å². The Morgan fingerprint density at radius 1 is 1.14 bits per heavy atom. The summed E-state index contributed by atoms with van der Waals surface area (Å²) < 4.78 is 25.6. The number of allylic oxidation sites excluding steroid dienone is 4. The van der Waals surface area contributed by atoms with Crippen LogP contribution in [0.5, 0.6) is 0 Å². The summed E-state index contributed by atoms with van der Waals surface area (Å²) in [7, 11) is -3.29. The molecule has 0 heterocycles. The minimum absolute atomic E-state index is 0.0740. The second-order valence-corrected chi connectivity index (χ2v) is 5.68. The molecule has 4 heteroatoms. The van der Waals surface area contributed by atoms with Gasteiger partial charge in [0.05, 0.1) is 4.91 Å². The molecule has 3 nitrogen and oxygen atoms in total. The zero-order chi connectivity index (χ0) is 11.4. The van der Waals surface area contributed by atoms with Crippen molar-refractivity contribution in [3.8, 4) is 0 Å². The molecule has 0 aromatic carbocycles. The standard InChI is InChI=1S/C10H19NO2S/c1-8(2)6-7-10(5)14(12,13)11-9(3)4/h6-7,9,11H,1-5H3/b10-7+. The van der Waals surface area contributed by atoms with Crippen LogP contribution in [0.4, 0.5) is 0 Å². The Morgan fingerprint density at radius 3 is 2.00 bits per heavy atom. The molecule has 0 atom stereocenters. The maximum Gasteiger partial charge on any atom is 0.236 e. The van der Waals surface area contributed by atoms with Crippen molar-refractivity contribution in [2.75, 3.05) is 0 Å². The Bertz CT molecular complexity index is 333. The Balaban J connectivity index is 4.76. The summed E-state index contributed by atoms with van der Waals surface area (Å²) in [6, 6.07) is -0.0740. The zero-order valence-corrected chi connectivity index (χ0v) is 10.3. The highest BCUT2D eigenvalue weighted by Crippen LogP contribution is 2.05. The van der Waals surface area contributed by atoms with Gasteiger partial charge in [0.1, 0.15) is 0 Å². The van der Waals surface area contributed by atoms with Gasteiger partial charge < -0.3 is 0 Å². The Kier molecular flexibility index (Phi) is 5.08. The van der Waals surface area contributed by atoms with Crippen molar-refractivity contribution in [3.63, 3.8) is 0 Å². The van der Waals surface area contributed by atoms with Crippen LogP contribution in [0, 0.1) is 0 Å². The van der Waals surface area contributed by atoms with Crippen molar-refractivity contribution in [1.29, 1.82) is 0 Å². The second kappa shape index (κ2) is 5.32. The monoisotopic (exact) mass is 217 g/mol. The van der Waals surface area contributed by atoms with E-state index in [1.807, 2.05) is 13.8 Å². The SMILES string of the molecule is CC(C)=C/C=C(\C)S(=O)(=O)NC(C)C. The van der Waals surface area contributed by atoms with Gasteiger partial charge in [-0.15, -0.1) is 0 Å². The first-order valence-corrected chi connectivity index (χ1v) is 6.08. The van der Waals surface area contributed by atoms with Crippen molar-refractivity contribution >= 4 is 10.0 Å². The first-order chi connectivity index (χ1) is 6.25. The van der Waals surface area contributed by atoms with Crippen LogP contribution < -0.4 is 4.72 Å². The zero-order valence-electron chi connectivity index (χ0n) is 9.46. The molecule has 0 aliphatic carbocycles. The van der Waals surface area contributed by atoms with Crippen LogP contribution in [-0.4, -0.2) is 14.5 Å². The molecule has 0 unspecified atom stereocenters. The molecule has 0 fully saturated rings. The van der Waals surface area contributed by atoms with Crippen LogP contribution in [0.2, 0.25) is 0 Å². The average molecular weight is 217 g/mol. The highest BCUT2D eigenvalue weighted by molar-refractivity contribution is 7.93. The maximum atomic E-state index is 11.5. The van der Waals surface area contributed by atoms with E-state index in [1.165, 1.54) is 0 Å². The molecule has 0 radical (unpaired) electrons. The summed E-state index contributed by atoms with van der Waals surface area (Å²) in [5.41, 5.74) is 1.07. The predicted octanol–water partition coefficient (Wildman–Crippen LogP) is 2.18. The Hall–Kier alpha value is -0.610. The van der Waals surface area contributed by atoms with Crippen molar-refractivity contribution in [2.24, 2.45) is 0 Å². The average Bonchev–Trinajstić information content (AvgIpc) is 1.97. The van der Waals surface area contributed by atoms with Crippen LogP contribution in [0.15, 0.2) is 22.6 Å². The molecular weight excluding hydrogens is 198 g/mol. The summed E-state index contributed by atoms with van der Waals surface area (Å²) in [6.45, 7) is 9.03. The lowest BCUT2D eigenvalue weighted by molar-refractivity contribution is 0.576. The van der Waals surface area contributed by atoms with E-state index in [2.05, 4.69) is 4.72 Å². The first-order valence-electron chi connectivity index (χ1n) is 4.60. The van der Waals surface area contributed by atoms with Crippen LogP contribution in [0.1, 0.15) is 34.6 Å². The predicted molar refractivity (Wildman–Crippen MR) is 60.4 cm³/mol. The third-order valence-corrected chi connectivity index (χ3v) is 3.23. The number of sulfonamides is 1. The third-order valence-electron chi connectivity index (χ3n) is 1.47. The van der Waals surface area contributed by atoms with Crippen LogP contribution >= 0.6 is 0 Å². The van der Waals surface area contributed by atoms with Gasteiger partial charge in [0.25, 0.3) is 0 Å². The van der Waals surface area contributed by atoms with E-state index in [1.54, 1.807) is 32.9 Å². The number of rotatable bonds is 4. The molecule has 82 valence electrons. The molecular formula is C10H19NO2S. The molecule has 0 bridgehead atoms. The van der Waals surface area contributed by atoms with Gasteiger partial charge in [-0.2, -0.15) is 0 Å². The van der Waals surface area contributed by atoms with E-state index in [4.69, 9.17) is 0 Å². The van der Waals surface area contributed by atoms with Crippen molar-refractivity contribution in [2.45, 2.75) is 40.7 Å². The third kappa shape index (κ3) is 5.19. The topological polar surface area (TPSA) is 46.2 Å². The van der Waals surface area contributed by atoms with Crippen molar-refractivity contribution in [1.82, 2.24) is 4.72 Å². The van der Waals surface area contributed by atoms with Gasteiger partial charge in [-0.1, -0.05) is 11.6 Å². The summed E-state index contributed by atoms with van der Waals surface area (Å²) in [5.74, 6) is 0. The fourth-order valence-corrected chi connectivity index (χ4v) is 1.83. The van der Waals surface area contributed by atoms with E-state index in [0.717, 1.165) is 5.57 Å². The van der Waals surface area contributed by atoms with Gasteiger partial charge >= 0.3 is 0 Å². The fraction of sp³-hybridized carbons (Fsp3) is 0.600. The molecule has 0 aromatic heterocycles. The van der Waals surface area contributed by atoms with Crippen LogP contribution in [0.3, 0.4) is 0 Å². The lowest BCUT2D eigenvalue weighted by Gasteiger charge is -2.08. The molecule has 0 spiro atoms. The lowest BCUT2D eigenvalue weighted by atomic mass is 10.3. The normalized spacial score (nSPS) is 13.1. The van der Waals surface area contributed by atoms with Gasteiger partial charge in [-0.25, -0.2) is 13.1 Å². The molecule has 0 aromatic rings. The molecule has 0 aliphatic heterocycles. The number of hydrogen-bond acceptors (Lipinski definition) is 2. The van der Waals surface area contributed by atoms with Crippen molar-refractivity contribution in [3.05, 3.63) is 22.6 Å². The molecule has 0 amide bonds. The van der Waals surface area contributed by atoms with Crippen LogP contribution in [0.25, 0.3) is 0 Å². The maximum absolute atomic E-state index is 11.5. The molecule has 0 saturated carbocycles. The summed E-state index contributed by atoms with van der Waals surface area (Å²) >= 11 is 0. The highest BCUT2D eigenvalue weighted by Gasteiger charge is 2.13. The summed E-state index contributed by atoms with van der Waals surface area (Å²) in [5, 5.41) is 0. The second-order valence-electron chi connectivity index (χ2n) is 3.80. The van der Waals surface area contributed by atoms with Gasteiger partial charge in [0, 0.05) is 6.04 Å². The van der Waals surface area contributed by atoms with Gasteiger partial charge in [-0.05, 0) is 40.7 Å². The summed E-state index contributed by atoms with van der Waals surface area (Å²) in [6.07, 6.45) is 3.40. The van der Waals surface area contributed by atoms with Gasteiger partial charge in [-0.3, -0.25) is 0 Å². The minimum atomic E-state index is -3.29. The van der Waals surface area contributed by atoms with E-state index < -0.39 is 10.0 Å². The molecule has 0 saturated heterocycles. The first kappa shape index (κ1) is 13.4. The van der Waals surface area contributed by atoms with E-state index in [0.29, 0.717) is 4.91 Å². The largest absolute Gasteiger partial charge is 0.236 e. The number of hydrogen-bond donors (Lipinski definition) is 1. The van der Waals surface area contributed by atoms with Crippen molar-refractivity contribution < 1.29 is 8.42 Å². The molecule has 1 N–H and O–H groups in total. The Morgan fingerprint density at radius 2 is 1.64 bits per heavy atom.